The summed E-state index contributed by atoms with van der Waals surface area (Å²) in [6.45, 7) is 1.49. The number of carbonyl (C=O) groups is 1. The Morgan fingerprint density at radius 1 is 1.33 bits per heavy atom. The summed E-state index contributed by atoms with van der Waals surface area (Å²) in [5.41, 5.74) is -0.587. The lowest BCUT2D eigenvalue weighted by Crippen LogP contribution is -2.42. The molecule has 2 saturated heterocycles. The van der Waals surface area contributed by atoms with Crippen molar-refractivity contribution in [2.45, 2.75) is 37.4 Å². The molecule has 2 aliphatic rings. The minimum atomic E-state index is -0.587. The van der Waals surface area contributed by atoms with Crippen LogP contribution in [0.4, 0.5) is 0 Å². The van der Waals surface area contributed by atoms with Crippen LogP contribution in [-0.2, 0) is 14.3 Å². The molecule has 0 amide bonds. The molecule has 2 fully saturated rings. The highest BCUT2D eigenvalue weighted by Crippen LogP contribution is 2.33. The van der Waals surface area contributed by atoms with E-state index >= 15 is 0 Å². The molecule has 2 heterocycles. The van der Waals surface area contributed by atoms with Crippen molar-refractivity contribution < 1.29 is 14.3 Å². The molecule has 68 valence electrons. The molecule has 0 saturated carbocycles. The van der Waals surface area contributed by atoms with Gasteiger partial charge in [0.05, 0.1) is 6.10 Å². The van der Waals surface area contributed by atoms with Gasteiger partial charge < -0.3 is 14.3 Å². The average molecular weight is 170 g/mol. The van der Waals surface area contributed by atoms with E-state index < -0.39 is 5.60 Å². The van der Waals surface area contributed by atoms with Crippen LogP contribution in [0, 0.1) is 0 Å². The SMILES string of the molecule is O=C[C@]1([C@H]2CCCO2)CCCO1. The number of aldehydes is 1. The van der Waals surface area contributed by atoms with Crippen molar-refractivity contribution in [3.8, 4) is 0 Å². The van der Waals surface area contributed by atoms with Crippen molar-refractivity contribution in [3.63, 3.8) is 0 Å². The zero-order valence-corrected chi connectivity index (χ0v) is 7.12. The Hall–Kier alpha value is -0.410. The Morgan fingerprint density at radius 3 is 2.75 bits per heavy atom. The Kier molecular flexibility index (Phi) is 2.15. The van der Waals surface area contributed by atoms with Gasteiger partial charge in [0.1, 0.15) is 5.60 Å². The van der Waals surface area contributed by atoms with Crippen LogP contribution in [0.3, 0.4) is 0 Å². The molecule has 0 aromatic rings. The largest absolute Gasteiger partial charge is 0.375 e. The molecule has 0 aromatic heterocycles. The molecule has 0 spiro atoms. The summed E-state index contributed by atoms with van der Waals surface area (Å²) in [4.78, 5) is 10.9. The fraction of sp³-hybridized carbons (Fsp3) is 0.889. The molecule has 0 radical (unpaired) electrons. The van der Waals surface area contributed by atoms with Crippen LogP contribution in [0.25, 0.3) is 0 Å². The highest BCUT2D eigenvalue weighted by molar-refractivity contribution is 5.64. The zero-order chi connectivity index (χ0) is 8.44. The van der Waals surface area contributed by atoms with E-state index in [1.54, 1.807) is 0 Å². The van der Waals surface area contributed by atoms with Crippen LogP contribution in [0.1, 0.15) is 25.7 Å². The van der Waals surface area contributed by atoms with Crippen molar-refractivity contribution in [3.05, 3.63) is 0 Å². The van der Waals surface area contributed by atoms with Crippen molar-refractivity contribution in [1.29, 1.82) is 0 Å². The van der Waals surface area contributed by atoms with Crippen LogP contribution >= 0.6 is 0 Å². The lowest BCUT2D eigenvalue weighted by Gasteiger charge is -2.27. The van der Waals surface area contributed by atoms with E-state index in [9.17, 15) is 4.79 Å². The van der Waals surface area contributed by atoms with Gasteiger partial charge in [-0.3, -0.25) is 0 Å². The van der Waals surface area contributed by atoms with Crippen molar-refractivity contribution in [2.24, 2.45) is 0 Å². The minimum Gasteiger partial charge on any atom is -0.375 e. The molecule has 0 bridgehead atoms. The molecule has 2 aliphatic heterocycles. The van der Waals surface area contributed by atoms with E-state index in [0.717, 1.165) is 38.6 Å². The van der Waals surface area contributed by atoms with Crippen molar-refractivity contribution in [2.75, 3.05) is 13.2 Å². The third-order valence-corrected chi connectivity index (χ3v) is 2.76. The van der Waals surface area contributed by atoms with Gasteiger partial charge in [0, 0.05) is 13.2 Å². The molecule has 3 heteroatoms. The second-order valence-electron chi connectivity index (χ2n) is 3.53. The predicted octanol–water partition coefficient (Wildman–Crippen LogP) is 0.913. The van der Waals surface area contributed by atoms with Crippen LogP contribution in [-0.4, -0.2) is 31.2 Å². The summed E-state index contributed by atoms with van der Waals surface area (Å²) >= 11 is 0. The molecule has 2 rings (SSSR count). The first-order chi connectivity index (χ1) is 5.87. The molecular formula is C9H14O3. The maximum absolute atomic E-state index is 10.9. The highest BCUT2D eigenvalue weighted by atomic mass is 16.6. The third kappa shape index (κ3) is 1.17. The van der Waals surface area contributed by atoms with Gasteiger partial charge >= 0.3 is 0 Å². The van der Waals surface area contributed by atoms with Crippen molar-refractivity contribution in [1.82, 2.24) is 0 Å². The van der Waals surface area contributed by atoms with Gasteiger partial charge in [-0.25, -0.2) is 0 Å². The van der Waals surface area contributed by atoms with E-state index in [4.69, 9.17) is 9.47 Å². The minimum absolute atomic E-state index is 0.0255. The molecular weight excluding hydrogens is 156 g/mol. The molecule has 12 heavy (non-hydrogen) atoms. The molecule has 0 aromatic carbocycles. The standard InChI is InChI=1S/C9H14O3/c10-7-9(4-2-6-12-9)8-3-1-5-11-8/h7-8H,1-6H2/t8-,9+/m1/s1. The van der Waals surface area contributed by atoms with Gasteiger partial charge in [-0.05, 0) is 25.7 Å². The second kappa shape index (κ2) is 3.15. The topological polar surface area (TPSA) is 35.5 Å². The molecule has 0 aliphatic carbocycles. The molecule has 0 N–H and O–H groups in total. The molecule has 0 unspecified atom stereocenters. The summed E-state index contributed by atoms with van der Waals surface area (Å²) in [6.07, 6.45) is 4.82. The number of hydrogen-bond acceptors (Lipinski definition) is 3. The Morgan fingerprint density at radius 2 is 2.25 bits per heavy atom. The van der Waals surface area contributed by atoms with Gasteiger partial charge in [0.2, 0.25) is 0 Å². The van der Waals surface area contributed by atoms with Crippen molar-refractivity contribution >= 4 is 6.29 Å². The van der Waals surface area contributed by atoms with Gasteiger partial charge in [-0.1, -0.05) is 0 Å². The Bertz CT molecular complexity index is 167. The number of carbonyl (C=O) groups excluding carboxylic acids is 1. The van der Waals surface area contributed by atoms with E-state index in [1.807, 2.05) is 0 Å². The van der Waals surface area contributed by atoms with Crippen LogP contribution in [0.2, 0.25) is 0 Å². The maximum Gasteiger partial charge on any atom is 0.154 e. The first kappa shape index (κ1) is 8.20. The smallest absolute Gasteiger partial charge is 0.154 e. The summed E-state index contributed by atoms with van der Waals surface area (Å²) in [6, 6.07) is 0. The molecule has 2 atom stereocenters. The monoisotopic (exact) mass is 170 g/mol. The first-order valence-corrected chi connectivity index (χ1v) is 4.59. The maximum atomic E-state index is 10.9. The van der Waals surface area contributed by atoms with E-state index in [0.29, 0.717) is 6.61 Å². The predicted molar refractivity (Wildman–Crippen MR) is 43.0 cm³/mol. The van der Waals surface area contributed by atoms with Gasteiger partial charge in [0.15, 0.2) is 6.29 Å². The lowest BCUT2D eigenvalue weighted by molar-refractivity contribution is -0.141. The average Bonchev–Trinajstić information content (AvgIpc) is 2.76. The third-order valence-electron chi connectivity index (χ3n) is 2.76. The first-order valence-electron chi connectivity index (χ1n) is 4.59. The zero-order valence-electron chi connectivity index (χ0n) is 7.12. The summed E-state index contributed by atoms with van der Waals surface area (Å²) in [7, 11) is 0. The fourth-order valence-corrected chi connectivity index (χ4v) is 2.07. The fourth-order valence-electron chi connectivity index (χ4n) is 2.07. The summed E-state index contributed by atoms with van der Waals surface area (Å²) < 4.78 is 11.0. The van der Waals surface area contributed by atoms with E-state index in [2.05, 4.69) is 0 Å². The second-order valence-corrected chi connectivity index (χ2v) is 3.53. The number of ether oxygens (including phenoxy) is 2. The van der Waals surface area contributed by atoms with Crippen LogP contribution in [0.15, 0.2) is 0 Å². The number of rotatable bonds is 2. The van der Waals surface area contributed by atoms with Gasteiger partial charge in [0.25, 0.3) is 0 Å². The van der Waals surface area contributed by atoms with E-state index in [-0.39, 0.29) is 6.10 Å². The Labute approximate surface area is 72.0 Å². The van der Waals surface area contributed by atoms with Gasteiger partial charge in [-0.15, -0.1) is 0 Å². The van der Waals surface area contributed by atoms with Gasteiger partial charge in [-0.2, -0.15) is 0 Å². The Balaban J connectivity index is 2.09. The summed E-state index contributed by atoms with van der Waals surface area (Å²) in [5, 5.41) is 0. The summed E-state index contributed by atoms with van der Waals surface area (Å²) in [5.74, 6) is 0. The quantitative estimate of drug-likeness (QED) is 0.578. The molecule has 3 nitrogen and oxygen atoms in total. The van der Waals surface area contributed by atoms with Crippen LogP contribution in [0.5, 0.6) is 0 Å². The van der Waals surface area contributed by atoms with Crippen LogP contribution < -0.4 is 0 Å². The highest BCUT2D eigenvalue weighted by Gasteiger charge is 2.44. The van der Waals surface area contributed by atoms with E-state index in [1.165, 1.54) is 0 Å². The lowest BCUT2D eigenvalue weighted by atomic mass is 9.93. The normalized spacial score (nSPS) is 41.8. The number of hydrogen-bond donors (Lipinski definition) is 0.